The molecule has 2 N–H and O–H groups in total. The van der Waals surface area contributed by atoms with E-state index in [1.165, 1.54) is 0 Å². The van der Waals surface area contributed by atoms with Crippen molar-refractivity contribution < 1.29 is 4.42 Å². The Bertz CT molecular complexity index is 436. The van der Waals surface area contributed by atoms with Gasteiger partial charge < -0.3 is 10.2 Å². The molecule has 0 bridgehead atoms. The van der Waals surface area contributed by atoms with Crippen molar-refractivity contribution in [3.8, 4) is 11.3 Å². The van der Waals surface area contributed by atoms with Gasteiger partial charge in [-0.15, -0.1) is 0 Å². The molecule has 0 saturated heterocycles. The fourth-order valence-corrected chi connectivity index (χ4v) is 1.82. The zero-order valence-electron chi connectivity index (χ0n) is 7.53. The highest BCUT2D eigenvalue weighted by atomic mass is 79.9. The largest absolute Gasteiger partial charge is 0.463 e. The third kappa shape index (κ3) is 1.61. The summed E-state index contributed by atoms with van der Waals surface area (Å²) in [5, 5.41) is 0. The van der Waals surface area contributed by atoms with Gasteiger partial charge in [-0.2, -0.15) is 0 Å². The first kappa shape index (κ1) is 9.49. The number of furan rings is 1. The van der Waals surface area contributed by atoms with Crippen LogP contribution < -0.4 is 5.73 Å². The number of hydrogen-bond acceptors (Lipinski definition) is 2. The molecule has 2 aromatic rings. The van der Waals surface area contributed by atoms with Crippen molar-refractivity contribution in [2.45, 2.75) is 6.54 Å². The third-order valence-electron chi connectivity index (χ3n) is 2.10. The topological polar surface area (TPSA) is 39.2 Å². The van der Waals surface area contributed by atoms with E-state index >= 15 is 0 Å². The highest BCUT2D eigenvalue weighted by Gasteiger charge is 2.09. The molecule has 1 aromatic carbocycles. The van der Waals surface area contributed by atoms with Crippen molar-refractivity contribution in [1.29, 1.82) is 0 Å². The molecular formula is C11H10BrNO. The molecule has 3 heteroatoms. The molecule has 2 nitrogen and oxygen atoms in total. The molecular weight excluding hydrogens is 242 g/mol. The summed E-state index contributed by atoms with van der Waals surface area (Å²) in [6.07, 6.45) is 1.66. The Labute approximate surface area is 90.9 Å². The zero-order valence-corrected chi connectivity index (χ0v) is 9.12. The summed E-state index contributed by atoms with van der Waals surface area (Å²) in [5.41, 5.74) is 7.78. The van der Waals surface area contributed by atoms with Crippen molar-refractivity contribution in [3.05, 3.63) is 46.6 Å². The van der Waals surface area contributed by atoms with E-state index in [0.717, 1.165) is 21.4 Å². The lowest BCUT2D eigenvalue weighted by Crippen LogP contribution is -1.98. The number of hydrogen-bond donors (Lipinski definition) is 1. The molecule has 0 radical (unpaired) electrons. The van der Waals surface area contributed by atoms with E-state index in [4.69, 9.17) is 10.2 Å². The molecule has 72 valence electrons. The SMILES string of the molecule is NCc1ccccc1-c1occc1Br. The predicted octanol–water partition coefficient (Wildman–Crippen LogP) is 3.17. The Morgan fingerprint density at radius 1 is 1.21 bits per heavy atom. The molecule has 0 atom stereocenters. The van der Waals surface area contributed by atoms with Crippen LogP contribution in [0.3, 0.4) is 0 Å². The fourth-order valence-electron chi connectivity index (χ4n) is 1.41. The summed E-state index contributed by atoms with van der Waals surface area (Å²) >= 11 is 3.43. The summed E-state index contributed by atoms with van der Waals surface area (Å²) in [7, 11) is 0. The monoisotopic (exact) mass is 251 g/mol. The van der Waals surface area contributed by atoms with Crippen LogP contribution in [0.15, 0.2) is 45.5 Å². The highest BCUT2D eigenvalue weighted by molar-refractivity contribution is 9.10. The van der Waals surface area contributed by atoms with Gasteiger partial charge in [0, 0.05) is 12.1 Å². The lowest BCUT2D eigenvalue weighted by atomic mass is 10.1. The Kier molecular flexibility index (Phi) is 2.70. The lowest BCUT2D eigenvalue weighted by molar-refractivity contribution is 0.580. The van der Waals surface area contributed by atoms with E-state index in [9.17, 15) is 0 Å². The number of benzene rings is 1. The average molecular weight is 252 g/mol. The normalized spacial score (nSPS) is 10.4. The van der Waals surface area contributed by atoms with E-state index in [0.29, 0.717) is 6.54 Å². The maximum absolute atomic E-state index is 5.65. The van der Waals surface area contributed by atoms with E-state index in [2.05, 4.69) is 15.9 Å². The van der Waals surface area contributed by atoms with Gasteiger partial charge in [-0.1, -0.05) is 24.3 Å². The minimum atomic E-state index is 0.517. The summed E-state index contributed by atoms with van der Waals surface area (Å²) < 4.78 is 6.35. The van der Waals surface area contributed by atoms with E-state index in [1.807, 2.05) is 30.3 Å². The molecule has 0 aliphatic carbocycles. The van der Waals surface area contributed by atoms with Crippen molar-refractivity contribution in [2.24, 2.45) is 5.73 Å². The fraction of sp³-hybridized carbons (Fsp3) is 0.0909. The van der Waals surface area contributed by atoms with Crippen LogP contribution >= 0.6 is 15.9 Å². The predicted molar refractivity (Wildman–Crippen MR) is 59.7 cm³/mol. The molecule has 2 rings (SSSR count). The molecule has 0 aliphatic rings. The van der Waals surface area contributed by atoms with Crippen molar-refractivity contribution in [3.63, 3.8) is 0 Å². The Balaban J connectivity index is 2.56. The van der Waals surface area contributed by atoms with Gasteiger partial charge in [0.1, 0.15) is 5.76 Å². The van der Waals surface area contributed by atoms with Crippen LogP contribution in [-0.4, -0.2) is 0 Å². The van der Waals surface area contributed by atoms with Crippen LogP contribution in [0.4, 0.5) is 0 Å². The van der Waals surface area contributed by atoms with Crippen molar-refractivity contribution in [1.82, 2.24) is 0 Å². The van der Waals surface area contributed by atoms with Crippen LogP contribution in [-0.2, 0) is 6.54 Å². The molecule has 0 aliphatic heterocycles. The molecule has 0 fully saturated rings. The summed E-state index contributed by atoms with van der Waals surface area (Å²) in [6.45, 7) is 0.517. The van der Waals surface area contributed by atoms with Gasteiger partial charge in [-0.05, 0) is 27.6 Å². The quantitative estimate of drug-likeness (QED) is 0.891. The lowest BCUT2D eigenvalue weighted by Gasteiger charge is -2.04. The number of halogens is 1. The van der Waals surface area contributed by atoms with E-state index in [-0.39, 0.29) is 0 Å². The second kappa shape index (κ2) is 3.98. The first-order valence-electron chi connectivity index (χ1n) is 4.34. The second-order valence-corrected chi connectivity index (χ2v) is 3.81. The first-order chi connectivity index (χ1) is 6.83. The van der Waals surface area contributed by atoms with Gasteiger partial charge in [-0.3, -0.25) is 0 Å². The van der Waals surface area contributed by atoms with E-state index < -0.39 is 0 Å². The summed E-state index contributed by atoms with van der Waals surface area (Å²) in [5.74, 6) is 0.839. The molecule has 0 amide bonds. The van der Waals surface area contributed by atoms with E-state index in [1.54, 1.807) is 6.26 Å². The van der Waals surface area contributed by atoms with Gasteiger partial charge in [-0.25, -0.2) is 0 Å². The molecule has 14 heavy (non-hydrogen) atoms. The first-order valence-corrected chi connectivity index (χ1v) is 5.13. The summed E-state index contributed by atoms with van der Waals surface area (Å²) in [6, 6.07) is 9.84. The Morgan fingerprint density at radius 2 is 2.00 bits per heavy atom. The molecule has 1 heterocycles. The number of nitrogens with two attached hydrogens (primary N) is 1. The van der Waals surface area contributed by atoms with Crippen molar-refractivity contribution >= 4 is 15.9 Å². The zero-order chi connectivity index (χ0) is 9.97. The van der Waals surface area contributed by atoms with Crippen LogP contribution in [0, 0.1) is 0 Å². The highest BCUT2D eigenvalue weighted by Crippen LogP contribution is 2.31. The second-order valence-electron chi connectivity index (χ2n) is 2.96. The Morgan fingerprint density at radius 3 is 2.64 bits per heavy atom. The maximum Gasteiger partial charge on any atom is 0.148 e. The van der Waals surface area contributed by atoms with Gasteiger partial charge in [0.25, 0.3) is 0 Å². The molecule has 0 saturated carbocycles. The van der Waals surface area contributed by atoms with Gasteiger partial charge in [0.05, 0.1) is 10.7 Å². The van der Waals surface area contributed by atoms with Crippen LogP contribution in [0.25, 0.3) is 11.3 Å². The van der Waals surface area contributed by atoms with Crippen LogP contribution in [0.5, 0.6) is 0 Å². The smallest absolute Gasteiger partial charge is 0.148 e. The Hall–Kier alpha value is -1.06. The molecule has 0 spiro atoms. The standard InChI is InChI=1S/C11H10BrNO/c12-10-5-6-14-11(10)9-4-2-1-3-8(9)7-13/h1-6H,7,13H2. The third-order valence-corrected chi connectivity index (χ3v) is 2.72. The summed E-state index contributed by atoms with van der Waals surface area (Å²) in [4.78, 5) is 0. The van der Waals surface area contributed by atoms with Crippen LogP contribution in [0.1, 0.15) is 5.56 Å². The molecule has 1 aromatic heterocycles. The van der Waals surface area contributed by atoms with Gasteiger partial charge in [0.15, 0.2) is 0 Å². The maximum atomic E-state index is 5.65. The molecule has 0 unspecified atom stereocenters. The minimum absolute atomic E-state index is 0.517. The van der Waals surface area contributed by atoms with Gasteiger partial charge in [0.2, 0.25) is 0 Å². The van der Waals surface area contributed by atoms with Crippen molar-refractivity contribution in [2.75, 3.05) is 0 Å². The minimum Gasteiger partial charge on any atom is -0.463 e. The number of rotatable bonds is 2. The van der Waals surface area contributed by atoms with Gasteiger partial charge >= 0.3 is 0 Å². The average Bonchev–Trinajstić information content (AvgIpc) is 2.64. The van der Waals surface area contributed by atoms with Crippen LogP contribution in [0.2, 0.25) is 0 Å².